The number of nitrogens with one attached hydrogen (secondary N) is 2. The standard InChI is InChI=1S/C14H18N4O4/c15-12(19)10-2-1-3-11(17-10)18-14(22)16-9-6-4-8(5-7-9)13(20)21/h1-3,8-9H,4-7H2,(H2,15,19)(H,20,21)(H2,16,17,18,22). The van der Waals surface area contributed by atoms with Gasteiger partial charge in [-0.15, -0.1) is 0 Å². The molecule has 3 amide bonds. The van der Waals surface area contributed by atoms with Gasteiger partial charge in [-0.2, -0.15) is 0 Å². The lowest BCUT2D eigenvalue weighted by atomic mass is 9.86. The van der Waals surface area contributed by atoms with Crippen molar-refractivity contribution in [2.24, 2.45) is 11.7 Å². The second kappa shape index (κ2) is 6.88. The molecule has 22 heavy (non-hydrogen) atoms. The molecule has 1 aliphatic carbocycles. The minimum absolute atomic E-state index is 0.0603. The van der Waals surface area contributed by atoms with Crippen molar-refractivity contribution in [2.45, 2.75) is 31.7 Å². The molecule has 0 bridgehead atoms. The molecule has 0 radical (unpaired) electrons. The number of aromatic nitrogens is 1. The van der Waals surface area contributed by atoms with Crippen molar-refractivity contribution >= 4 is 23.7 Å². The number of urea groups is 1. The number of primary amides is 1. The lowest BCUT2D eigenvalue weighted by Gasteiger charge is -2.26. The van der Waals surface area contributed by atoms with E-state index in [-0.39, 0.29) is 23.5 Å². The fourth-order valence-electron chi connectivity index (χ4n) is 2.46. The Morgan fingerprint density at radius 2 is 1.86 bits per heavy atom. The van der Waals surface area contributed by atoms with Gasteiger partial charge in [0.05, 0.1) is 5.92 Å². The number of hydrogen-bond donors (Lipinski definition) is 4. The summed E-state index contributed by atoms with van der Waals surface area (Å²) < 4.78 is 0. The van der Waals surface area contributed by atoms with Crippen LogP contribution < -0.4 is 16.4 Å². The predicted molar refractivity (Wildman–Crippen MR) is 78.3 cm³/mol. The molecule has 0 spiro atoms. The van der Waals surface area contributed by atoms with Crippen LogP contribution in [0.15, 0.2) is 18.2 Å². The number of anilines is 1. The van der Waals surface area contributed by atoms with Gasteiger partial charge in [0.25, 0.3) is 5.91 Å². The van der Waals surface area contributed by atoms with E-state index in [1.807, 2.05) is 0 Å². The molecule has 1 aromatic heterocycles. The molecule has 0 unspecified atom stereocenters. The van der Waals surface area contributed by atoms with Gasteiger partial charge in [0.2, 0.25) is 0 Å². The van der Waals surface area contributed by atoms with Gasteiger partial charge in [-0.05, 0) is 37.8 Å². The maximum Gasteiger partial charge on any atom is 0.320 e. The molecule has 5 N–H and O–H groups in total. The Morgan fingerprint density at radius 1 is 1.18 bits per heavy atom. The number of carboxylic acid groups (broad SMARTS) is 1. The molecule has 1 fully saturated rings. The van der Waals surface area contributed by atoms with Crippen LogP contribution in [-0.4, -0.2) is 34.0 Å². The molecule has 118 valence electrons. The number of amides is 3. The number of carbonyl (C=O) groups excluding carboxylic acids is 2. The maximum atomic E-state index is 11.9. The van der Waals surface area contributed by atoms with E-state index in [4.69, 9.17) is 10.8 Å². The average Bonchev–Trinajstić information content (AvgIpc) is 2.47. The summed E-state index contributed by atoms with van der Waals surface area (Å²) in [6.45, 7) is 0. The van der Waals surface area contributed by atoms with Crippen LogP contribution in [0.25, 0.3) is 0 Å². The van der Waals surface area contributed by atoms with Gasteiger partial charge in [-0.25, -0.2) is 9.78 Å². The number of nitrogens with two attached hydrogens (primary N) is 1. The quantitative estimate of drug-likeness (QED) is 0.656. The number of hydrogen-bond acceptors (Lipinski definition) is 4. The van der Waals surface area contributed by atoms with Crippen molar-refractivity contribution in [3.05, 3.63) is 23.9 Å². The van der Waals surface area contributed by atoms with Crippen LogP contribution in [0.1, 0.15) is 36.2 Å². The van der Waals surface area contributed by atoms with E-state index < -0.39 is 17.9 Å². The molecule has 8 heteroatoms. The molecule has 1 aromatic rings. The molecule has 2 rings (SSSR count). The van der Waals surface area contributed by atoms with Gasteiger partial charge >= 0.3 is 12.0 Å². The molecule has 0 atom stereocenters. The Kier molecular flexibility index (Phi) is 4.92. The highest BCUT2D eigenvalue weighted by Crippen LogP contribution is 2.24. The van der Waals surface area contributed by atoms with Crippen LogP contribution in [0.4, 0.5) is 10.6 Å². The Balaban J connectivity index is 1.85. The molecule has 0 saturated heterocycles. The summed E-state index contributed by atoms with van der Waals surface area (Å²) in [6.07, 6.45) is 2.35. The van der Waals surface area contributed by atoms with Crippen molar-refractivity contribution in [3.8, 4) is 0 Å². The van der Waals surface area contributed by atoms with Crippen molar-refractivity contribution in [2.75, 3.05) is 5.32 Å². The number of nitrogens with zero attached hydrogens (tertiary/aromatic N) is 1. The summed E-state index contributed by atoms with van der Waals surface area (Å²) in [5, 5.41) is 14.2. The summed E-state index contributed by atoms with van der Waals surface area (Å²) in [4.78, 5) is 37.7. The van der Waals surface area contributed by atoms with Crippen molar-refractivity contribution in [1.29, 1.82) is 0 Å². The van der Waals surface area contributed by atoms with E-state index >= 15 is 0 Å². The van der Waals surface area contributed by atoms with Crippen LogP contribution in [0.5, 0.6) is 0 Å². The van der Waals surface area contributed by atoms with Crippen LogP contribution in [0, 0.1) is 5.92 Å². The molecule has 1 aliphatic rings. The largest absolute Gasteiger partial charge is 0.481 e. The van der Waals surface area contributed by atoms with Crippen LogP contribution in [-0.2, 0) is 4.79 Å². The summed E-state index contributed by atoms with van der Waals surface area (Å²) >= 11 is 0. The molecule has 0 aliphatic heterocycles. The highest BCUT2D eigenvalue weighted by molar-refractivity contribution is 5.92. The molecule has 1 heterocycles. The van der Waals surface area contributed by atoms with E-state index in [1.165, 1.54) is 6.07 Å². The molecular weight excluding hydrogens is 288 g/mol. The first kappa shape index (κ1) is 15.7. The Labute approximate surface area is 127 Å². The first-order valence-electron chi connectivity index (χ1n) is 7.03. The third-order valence-corrected chi connectivity index (χ3v) is 3.65. The summed E-state index contributed by atoms with van der Waals surface area (Å²) in [5.74, 6) is -1.55. The highest BCUT2D eigenvalue weighted by atomic mass is 16.4. The molecular formula is C14H18N4O4. The minimum Gasteiger partial charge on any atom is -0.481 e. The maximum absolute atomic E-state index is 11.9. The zero-order valence-corrected chi connectivity index (χ0v) is 11.9. The number of carbonyl (C=O) groups is 3. The Morgan fingerprint density at radius 3 is 2.45 bits per heavy atom. The van der Waals surface area contributed by atoms with Crippen molar-refractivity contribution in [3.63, 3.8) is 0 Å². The van der Waals surface area contributed by atoms with Gasteiger partial charge < -0.3 is 16.2 Å². The smallest absolute Gasteiger partial charge is 0.320 e. The SMILES string of the molecule is NC(=O)c1cccc(NC(=O)NC2CCC(C(=O)O)CC2)n1. The molecule has 8 nitrogen and oxygen atoms in total. The van der Waals surface area contributed by atoms with Crippen molar-refractivity contribution in [1.82, 2.24) is 10.3 Å². The third-order valence-electron chi connectivity index (χ3n) is 3.65. The number of aliphatic carboxylic acids is 1. The molecule has 1 saturated carbocycles. The lowest BCUT2D eigenvalue weighted by molar-refractivity contribution is -0.142. The Bertz CT molecular complexity index is 582. The second-order valence-electron chi connectivity index (χ2n) is 5.26. The Hall–Kier alpha value is -2.64. The number of rotatable bonds is 4. The second-order valence-corrected chi connectivity index (χ2v) is 5.26. The molecule has 0 aromatic carbocycles. The van der Waals surface area contributed by atoms with E-state index in [1.54, 1.807) is 12.1 Å². The van der Waals surface area contributed by atoms with Crippen LogP contribution in [0.2, 0.25) is 0 Å². The predicted octanol–water partition coefficient (Wildman–Crippen LogP) is 0.945. The number of pyridine rings is 1. The summed E-state index contributed by atoms with van der Waals surface area (Å²) in [6, 6.07) is 4.08. The summed E-state index contributed by atoms with van der Waals surface area (Å²) in [5.41, 5.74) is 5.19. The lowest BCUT2D eigenvalue weighted by Crippen LogP contribution is -2.41. The zero-order valence-electron chi connectivity index (χ0n) is 11.9. The fraction of sp³-hybridized carbons (Fsp3) is 0.429. The first-order chi connectivity index (χ1) is 10.5. The van der Waals surface area contributed by atoms with E-state index in [2.05, 4.69) is 15.6 Å². The van der Waals surface area contributed by atoms with E-state index in [0.29, 0.717) is 25.7 Å². The summed E-state index contributed by atoms with van der Waals surface area (Å²) in [7, 11) is 0. The van der Waals surface area contributed by atoms with E-state index in [0.717, 1.165) is 0 Å². The highest BCUT2D eigenvalue weighted by Gasteiger charge is 2.26. The van der Waals surface area contributed by atoms with Crippen molar-refractivity contribution < 1.29 is 19.5 Å². The topological polar surface area (TPSA) is 134 Å². The fourth-order valence-corrected chi connectivity index (χ4v) is 2.46. The average molecular weight is 306 g/mol. The normalized spacial score (nSPS) is 20.9. The number of carboxylic acids is 1. The zero-order chi connectivity index (χ0) is 16.1. The third kappa shape index (κ3) is 4.18. The van der Waals surface area contributed by atoms with Crippen LogP contribution in [0.3, 0.4) is 0 Å². The van der Waals surface area contributed by atoms with Gasteiger partial charge in [-0.1, -0.05) is 6.07 Å². The monoisotopic (exact) mass is 306 g/mol. The van der Waals surface area contributed by atoms with Gasteiger partial charge in [0.1, 0.15) is 11.5 Å². The minimum atomic E-state index is -0.782. The first-order valence-corrected chi connectivity index (χ1v) is 7.03. The van der Waals surface area contributed by atoms with Crippen LogP contribution >= 0.6 is 0 Å². The van der Waals surface area contributed by atoms with Gasteiger partial charge in [0.15, 0.2) is 0 Å². The van der Waals surface area contributed by atoms with Gasteiger partial charge in [0, 0.05) is 6.04 Å². The van der Waals surface area contributed by atoms with Gasteiger partial charge in [-0.3, -0.25) is 14.9 Å². The van der Waals surface area contributed by atoms with E-state index in [9.17, 15) is 14.4 Å².